The Morgan fingerprint density at radius 1 is 1.09 bits per heavy atom. The summed E-state index contributed by atoms with van der Waals surface area (Å²) in [6.45, 7) is 1.26. The molecule has 1 aliphatic carbocycles. The Balaban J connectivity index is 1.17. The van der Waals surface area contributed by atoms with Gasteiger partial charge in [-0.05, 0) is 42.4 Å². The Bertz CT molecular complexity index is 1230. The van der Waals surface area contributed by atoms with Crippen LogP contribution in [0.2, 0.25) is 5.02 Å². The second-order valence-corrected chi connectivity index (χ2v) is 11.1. The molecule has 1 heterocycles. The molecule has 176 valence electrons. The van der Waals surface area contributed by atoms with E-state index in [1.165, 1.54) is 24.0 Å². The topological polar surface area (TPSA) is 56.8 Å². The van der Waals surface area contributed by atoms with E-state index in [-0.39, 0.29) is 5.91 Å². The number of benzene rings is 3. The van der Waals surface area contributed by atoms with Gasteiger partial charge in [-0.2, -0.15) is 0 Å². The summed E-state index contributed by atoms with van der Waals surface area (Å²) in [6.07, 6.45) is 4.27. The summed E-state index contributed by atoms with van der Waals surface area (Å²) >= 11 is 7.54. The zero-order chi connectivity index (χ0) is 24.4. The summed E-state index contributed by atoms with van der Waals surface area (Å²) < 4.78 is 17.9. The van der Waals surface area contributed by atoms with Gasteiger partial charge in [0, 0.05) is 6.54 Å². The molecule has 0 bridgehead atoms. The van der Waals surface area contributed by atoms with Crippen molar-refractivity contribution in [2.75, 3.05) is 20.3 Å². The van der Waals surface area contributed by atoms with Crippen molar-refractivity contribution in [3.63, 3.8) is 0 Å². The first kappa shape index (κ1) is 24.5. The van der Waals surface area contributed by atoms with Crippen LogP contribution in [0.1, 0.15) is 55.4 Å². The Morgan fingerprint density at radius 2 is 1.89 bits per heavy atom. The number of fused-ring (bicyclic) bond motifs is 1. The second kappa shape index (κ2) is 10.8. The number of halogens is 1. The Kier molecular flexibility index (Phi) is 7.59. The maximum absolute atomic E-state index is 12.6. The van der Waals surface area contributed by atoms with Gasteiger partial charge in [0.05, 0.1) is 7.11 Å². The summed E-state index contributed by atoms with van der Waals surface area (Å²) in [5, 5.41) is 3.56. The summed E-state index contributed by atoms with van der Waals surface area (Å²) in [5.74, 6) is 3.48. The van der Waals surface area contributed by atoms with Crippen LogP contribution in [0.3, 0.4) is 0 Å². The third-order valence-corrected chi connectivity index (χ3v) is 8.28. The van der Waals surface area contributed by atoms with Crippen LogP contribution in [0.4, 0.5) is 0 Å². The molecule has 3 aromatic rings. The Labute approximate surface area is 228 Å². The number of rotatable bonds is 8. The summed E-state index contributed by atoms with van der Waals surface area (Å²) in [7, 11) is 1.70. The Morgan fingerprint density at radius 3 is 2.63 bits per heavy atom. The molecule has 1 aliphatic heterocycles. The van der Waals surface area contributed by atoms with E-state index in [1.54, 1.807) is 31.4 Å². The molecule has 1 N–H and O–H groups in total. The van der Waals surface area contributed by atoms with Gasteiger partial charge in [-0.25, -0.2) is 0 Å². The molecule has 3 aromatic carbocycles. The molecule has 7 heteroatoms. The monoisotopic (exact) mass is 499 g/mol. The fourth-order valence-corrected chi connectivity index (χ4v) is 5.39. The van der Waals surface area contributed by atoms with Crippen LogP contribution in [-0.2, 0) is 6.42 Å². The molecule has 1 unspecified atom stereocenters. The molecule has 35 heavy (non-hydrogen) atoms. The molecule has 0 radical (unpaired) electrons. The number of carbonyl (C=O) groups is 1. The zero-order valence-corrected chi connectivity index (χ0v) is 22.9. The van der Waals surface area contributed by atoms with Crippen molar-refractivity contribution in [1.29, 1.82) is 0 Å². The van der Waals surface area contributed by atoms with Gasteiger partial charge >= 0.3 is 151 Å². The SMILES string of the molecule is COc1cc(C2CC2)ccc1CCNC(=O)c1ccc(Oc2cc3c(cc2Cl)[CH]([Na])CCO3)cc1. The first-order chi connectivity index (χ1) is 17.0. The number of carbonyl (C=O) groups excluding carboxylic acids is 1. The number of nitrogens with one attached hydrogen (secondary N) is 1. The molecule has 0 saturated heterocycles. The molecular weight excluding hydrogens is 473 g/mol. The summed E-state index contributed by atoms with van der Waals surface area (Å²) in [5.41, 5.74) is 4.19. The van der Waals surface area contributed by atoms with E-state index < -0.39 is 0 Å². The molecule has 1 amide bonds. The van der Waals surface area contributed by atoms with Crippen LogP contribution in [-0.4, -0.2) is 54.1 Å². The molecule has 1 atom stereocenters. The van der Waals surface area contributed by atoms with Crippen molar-refractivity contribution in [1.82, 2.24) is 5.32 Å². The van der Waals surface area contributed by atoms with Crippen LogP contribution in [0.15, 0.2) is 54.6 Å². The standard InChI is InChI=1S/C28H27ClNO4.Na/c1-32-25-16-21(18-4-5-18)7-6-19(25)12-13-30-28(31)20-8-10-23(11-9-20)34-27-17-26-22(15-24(27)29)3-2-14-33-26;/h3,6-11,15-18H,2,4-5,12-14H2,1H3,(H,30,31);. The normalized spacial score (nSPS) is 16.7. The van der Waals surface area contributed by atoms with Gasteiger partial charge in [-0.1, -0.05) is 12.1 Å². The van der Waals surface area contributed by atoms with E-state index in [4.69, 9.17) is 25.8 Å². The number of ether oxygens (including phenoxy) is 3. The average Bonchev–Trinajstić information content (AvgIpc) is 3.71. The molecule has 0 aromatic heterocycles. The van der Waals surface area contributed by atoms with Crippen molar-refractivity contribution in [2.45, 2.75) is 34.8 Å². The van der Waals surface area contributed by atoms with Gasteiger partial charge in [-0.3, -0.25) is 0 Å². The molecule has 5 rings (SSSR count). The van der Waals surface area contributed by atoms with Crippen molar-refractivity contribution in [2.24, 2.45) is 0 Å². The van der Waals surface area contributed by atoms with Gasteiger partial charge in [-0.15, -0.1) is 0 Å². The van der Waals surface area contributed by atoms with Gasteiger partial charge in [0.15, 0.2) is 0 Å². The molecule has 2 aliphatic rings. The van der Waals surface area contributed by atoms with Crippen LogP contribution < -0.4 is 19.5 Å². The zero-order valence-electron chi connectivity index (χ0n) is 20.1. The molecule has 1 saturated carbocycles. The quantitative estimate of drug-likeness (QED) is 0.387. The van der Waals surface area contributed by atoms with E-state index in [2.05, 4.69) is 23.5 Å². The molecular formula is C28H27ClNNaO4. The average molecular weight is 500 g/mol. The second-order valence-electron chi connectivity index (χ2n) is 9.34. The third kappa shape index (κ3) is 5.80. The number of hydrogen-bond acceptors (Lipinski definition) is 4. The minimum atomic E-state index is -0.122. The van der Waals surface area contributed by atoms with Crippen molar-refractivity contribution in [3.8, 4) is 23.0 Å². The van der Waals surface area contributed by atoms with Gasteiger partial charge in [0.25, 0.3) is 0 Å². The van der Waals surface area contributed by atoms with E-state index in [9.17, 15) is 4.79 Å². The fourth-order valence-electron chi connectivity index (χ4n) is 4.49. The number of methoxy groups -OCH3 is 1. The van der Waals surface area contributed by atoms with E-state index in [1.807, 2.05) is 12.1 Å². The van der Waals surface area contributed by atoms with Crippen LogP contribution in [0, 0.1) is 0 Å². The van der Waals surface area contributed by atoms with E-state index >= 15 is 0 Å². The van der Waals surface area contributed by atoms with Gasteiger partial charge in [0.2, 0.25) is 0 Å². The molecule has 1 fully saturated rings. The summed E-state index contributed by atoms with van der Waals surface area (Å²) in [6, 6.07) is 17.3. The molecule has 0 spiro atoms. The maximum atomic E-state index is 12.6. The third-order valence-electron chi connectivity index (χ3n) is 6.79. The van der Waals surface area contributed by atoms with E-state index in [0.717, 1.165) is 58.0 Å². The van der Waals surface area contributed by atoms with Crippen LogP contribution >= 0.6 is 11.6 Å². The van der Waals surface area contributed by atoms with E-state index in [0.29, 0.717) is 44.1 Å². The summed E-state index contributed by atoms with van der Waals surface area (Å²) in [4.78, 5) is 12.6. The van der Waals surface area contributed by atoms with Crippen LogP contribution in [0.5, 0.6) is 23.0 Å². The first-order valence-corrected chi connectivity index (χ1v) is 13.7. The minimum absolute atomic E-state index is 0.122. The van der Waals surface area contributed by atoms with Crippen LogP contribution in [0.25, 0.3) is 0 Å². The van der Waals surface area contributed by atoms with Gasteiger partial charge in [0.1, 0.15) is 5.75 Å². The van der Waals surface area contributed by atoms with Crippen molar-refractivity contribution in [3.05, 3.63) is 81.9 Å². The molecule has 5 nitrogen and oxygen atoms in total. The fraction of sp³-hybridized carbons (Fsp3) is 0.321. The Hall–Kier alpha value is -2.18. The number of hydrogen-bond donors (Lipinski definition) is 1. The van der Waals surface area contributed by atoms with Crippen molar-refractivity contribution >= 4 is 45.4 Å². The first-order valence-electron chi connectivity index (χ1n) is 12.2. The number of amides is 1. The van der Waals surface area contributed by atoms with Gasteiger partial charge < -0.3 is 4.74 Å². The van der Waals surface area contributed by atoms with Crippen molar-refractivity contribution < 1.29 is 19.0 Å². The predicted octanol–water partition coefficient (Wildman–Crippen LogP) is 5.98. The predicted molar refractivity (Wildman–Crippen MR) is 138 cm³/mol.